The number of amides is 2. The highest BCUT2D eigenvalue weighted by atomic mass is 16.4. The first-order valence-corrected chi connectivity index (χ1v) is 15.4. The Bertz CT molecular complexity index is 1110. The fraction of sp³-hybridized carbons (Fsp3) is 0.806. The van der Waals surface area contributed by atoms with Crippen molar-refractivity contribution in [1.29, 1.82) is 0 Å². The number of aliphatic hydroxyl groups excluding tert-OH is 1. The van der Waals surface area contributed by atoms with Crippen molar-refractivity contribution in [3.8, 4) is 0 Å². The van der Waals surface area contributed by atoms with Gasteiger partial charge in [-0.1, -0.05) is 13.8 Å². The lowest BCUT2D eigenvalue weighted by Gasteiger charge is -2.63. The molecule has 216 valence electrons. The average molecular weight is 542 g/mol. The topological polar surface area (TPSA) is 115 Å². The summed E-state index contributed by atoms with van der Waals surface area (Å²) in [5.41, 5.74) is 0.0293. The summed E-state index contributed by atoms with van der Waals surface area (Å²) in [7, 11) is 0. The van der Waals surface area contributed by atoms with E-state index in [2.05, 4.69) is 29.4 Å². The zero-order valence-corrected chi connectivity index (χ0v) is 23.7. The zero-order chi connectivity index (χ0) is 27.4. The summed E-state index contributed by atoms with van der Waals surface area (Å²) < 4.78 is 5.22. The maximum absolute atomic E-state index is 12.6. The van der Waals surface area contributed by atoms with Gasteiger partial charge in [0.1, 0.15) is 0 Å². The number of rotatable bonds is 5. The van der Waals surface area contributed by atoms with E-state index < -0.39 is 5.60 Å². The lowest BCUT2D eigenvalue weighted by Crippen LogP contribution is -2.62. The highest BCUT2D eigenvalue weighted by Crippen LogP contribution is 2.70. The molecule has 5 aliphatic rings. The van der Waals surface area contributed by atoms with E-state index in [0.29, 0.717) is 30.8 Å². The lowest BCUT2D eigenvalue weighted by molar-refractivity contribution is -0.201. The largest absolute Gasteiger partial charge is 0.431 e. The van der Waals surface area contributed by atoms with Crippen LogP contribution in [0.4, 0.5) is 4.79 Å². The molecule has 0 spiro atoms. The Hall–Kier alpha value is -1.90. The molecule has 5 fully saturated rings. The van der Waals surface area contributed by atoms with Crippen molar-refractivity contribution in [3.63, 3.8) is 0 Å². The van der Waals surface area contributed by atoms with E-state index >= 15 is 0 Å². The molecule has 0 bridgehead atoms. The van der Waals surface area contributed by atoms with E-state index in [0.717, 1.165) is 82.9 Å². The predicted molar refractivity (Wildman–Crippen MR) is 148 cm³/mol. The second kappa shape index (κ2) is 10.2. The Morgan fingerprint density at radius 3 is 2.67 bits per heavy atom. The number of urea groups is 1. The SMILES string of the molecule is C[C@]12CC[C@H](NC(=O)NCCN3CC[C@@H](O)C3)C[C@H]1CC[C@@H]1[C@@H]2CC[C@]2(C)[C@@H](c3ccc(=O)oc3)CC[C@]12O. The van der Waals surface area contributed by atoms with Gasteiger partial charge in [0, 0.05) is 43.7 Å². The third kappa shape index (κ3) is 4.64. The molecular formula is C31H47N3O5. The molecule has 1 aromatic rings. The molecule has 4 aliphatic carbocycles. The number of nitrogens with zero attached hydrogens (tertiary/aromatic N) is 1. The summed E-state index contributed by atoms with van der Waals surface area (Å²) in [6, 6.07) is 3.54. The maximum atomic E-state index is 12.6. The van der Waals surface area contributed by atoms with Crippen LogP contribution in [0.15, 0.2) is 27.6 Å². The van der Waals surface area contributed by atoms with Crippen molar-refractivity contribution in [3.05, 3.63) is 34.4 Å². The monoisotopic (exact) mass is 541 g/mol. The van der Waals surface area contributed by atoms with E-state index in [1.165, 1.54) is 6.07 Å². The van der Waals surface area contributed by atoms with Gasteiger partial charge in [-0.2, -0.15) is 0 Å². The number of hydrogen-bond donors (Lipinski definition) is 4. The summed E-state index contributed by atoms with van der Waals surface area (Å²) in [6.07, 6.45) is 11.3. The maximum Gasteiger partial charge on any atom is 0.335 e. The molecule has 9 atom stereocenters. The molecule has 2 amide bonds. The number of hydrogen-bond acceptors (Lipinski definition) is 6. The van der Waals surface area contributed by atoms with Crippen molar-refractivity contribution >= 4 is 6.03 Å². The molecule has 1 aliphatic heterocycles. The molecule has 0 aromatic carbocycles. The van der Waals surface area contributed by atoms with Crippen LogP contribution in [0.1, 0.15) is 89.5 Å². The van der Waals surface area contributed by atoms with Crippen molar-refractivity contribution in [1.82, 2.24) is 15.5 Å². The standard InChI is InChI=1S/C31H47N3O5/c1-29-11-7-22(33-28(37)32-14-16-34-15-10-23(35)18-34)17-21(29)4-5-26-25(29)8-12-30(2)24(9-13-31(26,30)38)20-3-6-27(36)39-19-20/h3,6,19,21-26,35,38H,4-5,7-18H2,1-2H3,(H2,32,33,37)/t21-,22+,23-,24-,25+,26-,29+,30-,31+/m1/s1. The Labute approximate surface area is 231 Å². The minimum absolute atomic E-state index is 0.0754. The average Bonchev–Trinajstić information content (AvgIpc) is 3.44. The van der Waals surface area contributed by atoms with Crippen LogP contribution in [0.2, 0.25) is 0 Å². The third-order valence-corrected chi connectivity index (χ3v) is 12.3. The minimum Gasteiger partial charge on any atom is -0.431 e. The highest BCUT2D eigenvalue weighted by Gasteiger charge is 2.67. The zero-order valence-electron chi connectivity index (χ0n) is 23.7. The van der Waals surface area contributed by atoms with Crippen LogP contribution < -0.4 is 16.3 Å². The summed E-state index contributed by atoms with van der Waals surface area (Å²) in [5.74, 6) is 1.59. The van der Waals surface area contributed by atoms with E-state index in [4.69, 9.17) is 4.42 Å². The van der Waals surface area contributed by atoms with E-state index in [-0.39, 0.29) is 40.6 Å². The van der Waals surface area contributed by atoms with Gasteiger partial charge in [-0.05, 0) is 105 Å². The molecule has 1 aromatic heterocycles. The van der Waals surface area contributed by atoms with Crippen LogP contribution in [0.5, 0.6) is 0 Å². The van der Waals surface area contributed by atoms with E-state index in [9.17, 15) is 19.8 Å². The molecule has 2 heterocycles. The fourth-order valence-electron chi connectivity index (χ4n) is 10.0. The summed E-state index contributed by atoms with van der Waals surface area (Å²) in [4.78, 5) is 26.4. The molecule has 4 N–H and O–H groups in total. The predicted octanol–water partition coefficient (Wildman–Crippen LogP) is 3.62. The number of β-amino-alcohol motifs (C(OH)–C–C–N with tert-alkyl or cyclic N) is 1. The second-order valence-electron chi connectivity index (χ2n) is 14.0. The highest BCUT2D eigenvalue weighted by molar-refractivity contribution is 5.74. The van der Waals surface area contributed by atoms with Crippen molar-refractivity contribution in [2.75, 3.05) is 26.2 Å². The molecule has 8 heteroatoms. The number of fused-ring (bicyclic) bond motifs is 5. The van der Waals surface area contributed by atoms with Gasteiger partial charge in [0.2, 0.25) is 0 Å². The molecule has 8 nitrogen and oxygen atoms in total. The third-order valence-electron chi connectivity index (χ3n) is 12.3. The Morgan fingerprint density at radius 1 is 1.08 bits per heavy atom. The molecule has 0 unspecified atom stereocenters. The first-order chi connectivity index (χ1) is 18.6. The minimum atomic E-state index is -0.689. The van der Waals surface area contributed by atoms with Crippen LogP contribution in [-0.2, 0) is 0 Å². The fourth-order valence-corrected chi connectivity index (χ4v) is 10.0. The van der Waals surface area contributed by atoms with Gasteiger partial charge in [0.15, 0.2) is 0 Å². The van der Waals surface area contributed by atoms with Gasteiger partial charge in [0.25, 0.3) is 0 Å². The quantitative estimate of drug-likeness (QED) is 0.453. The summed E-state index contributed by atoms with van der Waals surface area (Å²) >= 11 is 0. The molecule has 1 saturated heterocycles. The molecular weight excluding hydrogens is 494 g/mol. The van der Waals surface area contributed by atoms with Gasteiger partial charge >= 0.3 is 11.7 Å². The molecule has 39 heavy (non-hydrogen) atoms. The van der Waals surface area contributed by atoms with Crippen LogP contribution in [0, 0.1) is 28.6 Å². The molecule has 4 saturated carbocycles. The second-order valence-corrected chi connectivity index (χ2v) is 14.0. The summed E-state index contributed by atoms with van der Waals surface area (Å²) in [5, 5.41) is 28.4. The Morgan fingerprint density at radius 2 is 1.92 bits per heavy atom. The van der Waals surface area contributed by atoms with Gasteiger partial charge in [0.05, 0.1) is 18.0 Å². The number of likely N-dealkylation sites (tertiary alicyclic amines) is 1. The van der Waals surface area contributed by atoms with Crippen LogP contribution in [0.3, 0.4) is 0 Å². The van der Waals surface area contributed by atoms with Gasteiger partial charge < -0.3 is 25.3 Å². The van der Waals surface area contributed by atoms with Crippen molar-refractivity contribution < 1.29 is 19.4 Å². The molecule has 0 radical (unpaired) electrons. The van der Waals surface area contributed by atoms with E-state index in [1.54, 1.807) is 6.26 Å². The number of carbonyl (C=O) groups is 1. The lowest BCUT2D eigenvalue weighted by atomic mass is 9.43. The first-order valence-electron chi connectivity index (χ1n) is 15.4. The van der Waals surface area contributed by atoms with Crippen LogP contribution >= 0.6 is 0 Å². The Balaban J connectivity index is 1.07. The normalized spacial score (nSPS) is 43.8. The van der Waals surface area contributed by atoms with Crippen molar-refractivity contribution in [2.45, 2.75) is 102 Å². The van der Waals surface area contributed by atoms with E-state index in [1.807, 2.05) is 6.07 Å². The Kier molecular flexibility index (Phi) is 7.12. The van der Waals surface area contributed by atoms with Crippen LogP contribution in [0.25, 0.3) is 0 Å². The number of aliphatic hydroxyl groups is 2. The number of nitrogens with one attached hydrogen (secondary N) is 2. The number of carbonyl (C=O) groups excluding carboxylic acids is 1. The van der Waals surface area contributed by atoms with Gasteiger partial charge in [-0.3, -0.25) is 4.90 Å². The van der Waals surface area contributed by atoms with Crippen LogP contribution in [-0.4, -0.2) is 65.1 Å². The van der Waals surface area contributed by atoms with Gasteiger partial charge in [-0.25, -0.2) is 9.59 Å². The first kappa shape index (κ1) is 27.3. The van der Waals surface area contributed by atoms with Crippen molar-refractivity contribution in [2.24, 2.45) is 28.6 Å². The summed E-state index contributed by atoms with van der Waals surface area (Å²) in [6.45, 7) is 7.73. The molecule has 6 rings (SSSR count). The smallest absolute Gasteiger partial charge is 0.335 e. The van der Waals surface area contributed by atoms with Gasteiger partial charge in [-0.15, -0.1) is 0 Å².